The molecule has 0 aliphatic carbocycles. The first-order valence-electron chi connectivity index (χ1n) is 6.55. The maximum absolute atomic E-state index is 12.1. The van der Waals surface area contributed by atoms with E-state index in [2.05, 4.69) is 10.5 Å². The average molecular weight is 278 g/mol. The summed E-state index contributed by atoms with van der Waals surface area (Å²) in [6.07, 6.45) is 1.31. The number of hydrogen-bond donors (Lipinski definition) is 3. The van der Waals surface area contributed by atoms with E-state index in [1.165, 1.54) is 0 Å². The third-order valence-electron chi connectivity index (χ3n) is 3.02. The van der Waals surface area contributed by atoms with Crippen LogP contribution in [0.5, 0.6) is 0 Å². The lowest BCUT2D eigenvalue weighted by molar-refractivity contribution is -0.118. The molecule has 1 atom stereocenters. The van der Waals surface area contributed by atoms with Crippen molar-refractivity contribution in [3.63, 3.8) is 0 Å². The number of nitrogens with two attached hydrogens (primary N) is 1. The lowest BCUT2D eigenvalue weighted by Gasteiger charge is -2.16. The van der Waals surface area contributed by atoms with E-state index in [1.807, 2.05) is 50.2 Å². The molecule has 0 spiro atoms. The largest absolute Gasteiger partial charge is 0.409 e. The highest BCUT2D eigenvalue weighted by Gasteiger charge is 2.22. The quantitative estimate of drug-likeness (QED) is 0.320. The normalized spacial score (nSPS) is 12.8. The third-order valence-corrected chi connectivity index (χ3v) is 3.02. The zero-order valence-electron chi connectivity index (χ0n) is 12.1. The van der Waals surface area contributed by atoms with E-state index in [0.29, 0.717) is 12.1 Å². The second-order valence-corrected chi connectivity index (χ2v) is 4.80. The zero-order chi connectivity index (χ0) is 15.1. The van der Waals surface area contributed by atoms with Crippen molar-refractivity contribution in [1.82, 2.24) is 0 Å². The molecule has 0 radical (unpaired) electrons. The van der Waals surface area contributed by atoms with Crippen LogP contribution in [0.1, 0.15) is 19.8 Å². The minimum atomic E-state index is -0.612. The van der Waals surface area contributed by atoms with Crippen LogP contribution in [0.25, 0.3) is 0 Å². The molecule has 6 nitrogen and oxygen atoms in total. The van der Waals surface area contributed by atoms with Gasteiger partial charge < -0.3 is 21.2 Å². The van der Waals surface area contributed by atoms with Crippen molar-refractivity contribution < 1.29 is 10.0 Å². The van der Waals surface area contributed by atoms with Crippen LogP contribution in [0.2, 0.25) is 0 Å². The summed E-state index contributed by atoms with van der Waals surface area (Å²) >= 11 is 0. The van der Waals surface area contributed by atoms with Gasteiger partial charge in [0.05, 0.1) is 5.92 Å². The van der Waals surface area contributed by atoms with Crippen molar-refractivity contribution in [2.24, 2.45) is 16.8 Å². The summed E-state index contributed by atoms with van der Waals surface area (Å²) in [7, 11) is 3.90. The summed E-state index contributed by atoms with van der Waals surface area (Å²) in [6.45, 7) is 1.94. The number of oxime groups is 1. The number of nitrogens with one attached hydrogen (secondary N) is 1. The second-order valence-electron chi connectivity index (χ2n) is 4.80. The number of amidine groups is 1. The highest BCUT2D eigenvalue weighted by molar-refractivity contribution is 6.07. The first-order valence-corrected chi connectivity index (χ1v) is 6.55. The number of carbonyl (C=O) groups is 1. The average Bonchev–Trinajstić information content (AvgIpc) is 2.44. The first kappa shape index (κ1) is 15.8. The van der Waals surface area contributed by atoms with Crippen LogP contribution >= 0.6 is 0 Å². The van der Waals surface area contributed by atoms with Gasteiger partial charge in [0.1, 0.15) is 0 Å². The molecule has 1 rings (SSSR count). The predicted octanol–water partition coefficient (Wildman–Crippen LogP) is 1.85. The van der Waals surface area contributed by atoms with Crippen LogP contribution < -0.4 is 16.0 Å². The molecule has 6 heteroatoms. The van der Waals surface area contributed by atoms with Gasteiger partial charge in [-0.25, -0.2) is 0 Å². The van der Waals surface area contributed by atoms with Crippen molar-refractivity contribution in [2.75, 3.05) is 24.3 Å². The molecule has 0 bridgehead atoms. The Hall–Kier alpha value is -2.24. The minimum Gasteiger partial charge on any atom is -0.409 e. The van der Waals surface area contributed by atoms with E-state index >= 15 is 0 Å². The van der Waals surface area contributed by atoms with Crippen molar-refractivity contribution in [2.45, 2.75) is 19.8 Å². The summed E-state index contributed by atoms with van der Waals surface area (Å²) in [4.78, 5) is 14.1. The Morgan fingerprint density at radius 2 is 2.00 bits per heavy atom. The predicted molar refractivity (Wildman–Crippen MR) is 81.2 cm³/mol. The van der Waals surface area contributed by atoms with E-state index in [4.69, 9.17) is 10.9 Å². The number of anilines is 2. The molecular formula is C14H22N4O2. The van der Waals surface area contributed by atoms with E-state index in [9.17, 15) is 4.79 Å². The molecule has 1 aromatic carbocycles. The van der Waals surface area contributed by atoms with Gasteiger partial charge in [-0.15, -0.1) is 0 Å². The molecule has 0 aliphatic rings. The summed E-state index contributed by atoms with van der Waals surface area (Å²) in [5.74, 6) is -0.937. The fourth-order valence-corrected chi connectivity index (χ4v) is 1.84. The Labute approximate surface area is 119 Å². The van der Waals surface area contributed by atoms with Crippen molar-refractivity contribution in [3.05, 3.63) is 24.3 Å². The van der Waals surface area contributed by atoms with Gasteiger partial charge in [-0.05, 0) is 30.7 Å². The molecule has 1 unspecified atom stereocenters. The van der Waals surface area contributed by atoms with E-state index < -0.39 is 5.92 Å². The molecule has 0 saturated carbocycles. The monoisotopic (exact) mass is 278 g/mol. The number of benzene rings is 1. The smallest absolute Gasteiger partial charge is 0.235 e. The molecule has 0 fully saturated rings. The summed E-state index contributed by atoms with van der Waals surface area (Å²) in [6, 6.07) is 7.47. The second kappa shape index (κ2) is 7.37. The molecule has 1 aromatic rings. The third kappa shape index (κ3) is 4.15. The molecule has 20 heavy (non-hydrogen) atoms. The highest BCUT2D eigenvalue weighted by Crippen LogP contribution is 2.17. The molecule has 0 heterocycles. The van der Waals surface area contributed by atoms with Crippen LogP contribution in [0.3, 0.4) is 0 Å². The minimum absolute atomic E-state index is 0.0609. The van der Waals surface area contributed by atoms with Crippen LogP contribution in [0.15, 0.2) is 29.4 Å². The zero-order valence-corrected chi connectivity index (χ0v) is 12.1. The fraction of sp³-hybridized carbons (Fsp3) is 0.429. The maximum Gasteiger partial charge on any atom is 0.235 e. The van der Waals surface area contributed by atoms with Crippen LogP contribution in [-0.4, -0.2) is 31.0 Å². The van der Waals surface area contributed by atoms with E-state index in [1.54, 1.807) is 0 Å². The Morgan fingerprint density at radius 3 is 2.45 bits per heavy atom. The number of rotatable bonds is 6. The van der Waals surface area contributed by atoms with Gasteiger partial charge in [0.25, 0.3) is 0 Å². The van der Waals surface area contributed by atoms with Gasteiger partial charge in [0.2, 0.25) is 5.91 Å². The van der Waals surface area contributed by atoms with E-state index in [0.717, 1.165) is 12.1 Å². The molecule has 0 saturated heterocycles. The number of nitrogens with zero attached hydrogens (tertiary/aromatic N) is 2. The Balaban J connectivity index is 2.77. The molecular weight excluding hydrogens is 256 g/mol. The van der Waals surface area contributed by atoms with Gasteiger partial charge in [-0.2, -0.15) is 0 Å². The molecule has 110 valence electrons. The lowest BCUT2D eigenvalue weighted by atomic mass is 10.0. The number of carbonyl (C=O) groups excluding carboxylic acids is 1. The maximum atomic E-state index is 12.1. The molecule has 0 aliphatic heterocycles. The molecule has 4 N–H and O–H groups in total. The Bertz CT molecular complexity index is 469. The van der Waals surface area contributed by atoms with Gasteiger partial charge in [0.15, 0.2) is 5.84 Å². The van der Waals surface area contributed by atoms with Crippen molar-refractivity contribution in [1.29, 1.82) is 0 Å². The summed E-state index contributed by atoms with van der Waals surface area (Å²) in [5, 5.41) is 14.4. The number of hydrogen-bond acceptors (Lipinski definition) is 4. The topological polar surface area (TPSA) is 91.0 Å². The van der Waals surface area contributed by atoms with Crippen LogP contribution in [0.4, 0.5) is 11.4 Å². The molecule has 0 aromatic heterocycles. The number of amides is 1. The SMILES string of the molecule is CCCC(C(=O)Nc1ccc(N(C)C)cc1)C(N)=NO. The Morgan fingerprint density at radius 1 is 1.40 bits per heavy atom. The van der Waals surface area contributed by atoms with Crippen LogP contribution in [0, 0.1) is 5.92 Å². The van der Waals surface area contributed by atoms with Crippen LogP contribution in [-0.2, 0) is 4.79 Å². The van der Waals surface area contributed by atoms with Crippen molar-refractivity contribution in [3.8, 4) is 0 Å². The van der Waals surface area contributed by atoms with Gasteiger partial charge in [-0.1, -0.05) is 18.5 Å². The fourth-order valence-electron chi connectivity index (χ4n) is 1.84. The summed E-state index contributed by atoms with van der Waals surface area (Å²) in [5.41, 5.74) is 7.29. The Kier molecular flexibility index (Phi) is 5.83. The summed E-state index contributed by atoms with van der Waals surface area (Å²) < 4.78 is 0. The highest BCUT2D eigenvalue weighted by atomic mass is 16.4. The van der Waals surface area contributed by atoms with Gasteiger partial charge in [0, 0.05) is 25.5 Å². The van der Waals surface area contributed by atoms with Crippen molar-refractivity contribution >= 4 is 23.1 Å². The molecule has 1 amide bonds. The van der Waals surface area contributed by atoms with E-state index in [-0.39, 0.29) is 11.7 Å². The lowest BCUT2D eigenvalue weighted by Crippen LogP contribution is -2.34. The van der Waals surface area contributed by atoms with Gasteiger partial charge in [-0.3, -0.25) is 4.79 Å². The standard InChI is InChI=1S/C14H22N4O2/c1-4-5-12(13(15)17-20)14(19)16-10-6-8-11(9-7-10)18(2)3/h6-9,12,20H,4-5H2,1-3H3,(H2,15,17)(H,16,19). The first-order chi connectivity index (χ1) is 9.49. The van der Waals surface area contributed by atoms with Gasteiger partial charge >= 0.3 is 0 Å².